The van der Waals surface area contributed by atoms with Crippen molar-refractivity contribution >= 4 is 32.6 Å². The van der Waals surface area contributed by atoms with Gasteiger partial charge in [-0.05, 0) is 69.3 Å². The number of imidazole rings is 1. The zero-order valence-electron chi connectivity index (χ0n) is 22.4. The summed E-state index contributed by atoms with van der Waals surface area (Å²) in [5, 5.41) is 4.99. The average molecular weight is 501 g/mol. The monoisotopic (exact) mass is 500 g/mol. The second kappa shape index (κ2) is 7.91. The van der Waals surface area contributed by atoms with Crippen LogP contribution in [0.3, 0.4) is 0 Å². The molecule has 0 unspecified atom stereocenters. The van der Waals surface area contributed by atoms with Crippen molar-refractivity contribution in [1.29, 1.82) is 0 Å². The Balaban J connectivity index is 1.48. The van der Waals surface area contributed by atoms with E-state index in [0.717, 1.165) is 16.9 Å². The van der Waals surface area contributed by atoms with E-state index in [2.05, 4.69) is 141 Å². The van der Waals surface area contributed by atoms with Crippen molar-refractivity contribution in [3.05, 3.63) is 132 Å². The third-order valence-electron chi connectivity index (χ3n) is 8.73. The van der Waals surface area contributed by atoms with Crippen LogP contribution >= 0.6 is 0 Å². The van der Waals surface area contributed by atoms with E-state index in [1.165, 1.54) is 60.6 Å². The van der Waals surface area contributed by atoms with Crippen LogP contribution in [0.1, 0.15) is 30.8 Å². The molecular weight excluding hydrogens is 472 g/mol. The van der Waals surface area contributed by atoms with Crippen LogP contribution in [0, 0.1) is 6.92 Å². The molecule has 8 rings (SSSR count). The summed E-state index contributed by atoms with van der Waals surface area (Å²) in [5.41, 5.74) is 11.4. The van der Waals surface area contributed by atoms with Gasteiger partial charge >= 0.3 is 0 Å². The molecule has 1 aliphatic rings. The number of hydrogen-bond donors (Lipinski definition) is 0. The van der Waals surface area contributed by atoms with Crippen LogP contribution in [0.4, 0.5) is 0 Å². The van der Waals surface area contributed by atoms with Crippen molar-refractivity contribution in [3.63, 3.8) is 0 Å². The average Bonchev–Trinajstić information content (AvgIpc) is 3.41. The molecule has 0 saturated heterocycles. The standard InChI is InChI=1S/C37H28N2/c1-23-38-33-18-10-11-19-34(33)39(23)36-29-15-6-4-13-27(29)35(28-14-5-7-16-30(28)36)24-20-21-26-25-12-8-9-17-31(25)37(2,3)32(26)22-24/h4-22H,1-3H3. The third kappa shape index (κ3) is 3.00. The molecule has 1 heterocycles. The Labute approximate surface area is 228 Å². The van der Waals surface area contributed by atoms with Gasteiger partial charge in [0.1, 0.15) is 5.82 Å². The molecule has 39 heavy (non-hydrogen) atoms. The lowest BCUT2D eigenvalue weighted by atomic mass is 9.81. The summed E-state index contributed by atoms with van der Waals surface area (Å²) in [7, 11) is 0. The van der Waals surface area contributed by atoms with Crippen LogP contribution in [-0.2, 0) is 5.41 Å². The number of aromatic nitrogens is 2. The molecule has 0 bridgehead atoms. The fraction of sp³-hybridized carbons (Fsp3) is 0.108. The summed E-state index contributed by atoms with van der Waals surface area (Å²) in [6, 6.07) is 42.1. The first-order chi connectivity index (χ1) is 19.0. The van der Waals surface area contributed by atoms with Crippen LogP contribution in [-0.4, -0.2) is 9.55 Å². The van der Waals surface area contributed by atoms with E-state index in [-0.39, 0.29) is 5.41 Å². The van der Waals surface area contributed by atoms with Gasteiger partial charge in [-0.15, -0.1) is 0 Å². The summed E-state index contributed by atoms with van der Waals surface area (Å²) < 4.78 is 2.34. The number of para-hydroxylation sites is 2. The highest BCUT2D eigenvalue weighted by atomic mass is 15.1. The van der Waals surface area contributed by atoms with Gasteiger partial charge in [-0.2, -0.15) is 0 Å². The third-order valence-corrected chi connectivity index (χ3v) is 8.73. The van der Waals surface area contributed by atoms with E-state index in [1.807, 2.05) is 0 Å². The molecule has 0 atom stereocenters. The second-order valence-electron chi connectivity index (χ2n) is 11.2. The fourth-order valence-electron chi connectivity index (χ4n) is 6.95. The van der Waals surface area contributed by atoms with Crippen LogP contribution in [0.5, 0.6) is 0 Å². The molecule has 2 nitrogen and oxygen atoms in total. The van der Waals surface area contributed by atoms with E-state index in [1.54, 1.807) is 0 Å². The largest absolute Gasteiger partial charge is 0.295 e. The van der Waals surface area contributed by atoms with Crippen molar-refractivity contribution in [1.82, 2.24) is 9.55 Å². The zero-order chi connectivity index (χ0) is 26.3. The number of hydrogen-bond acceptors (Lipinski definition) is 1. The number of fused-ring (bicyclic) bond motifs is 6. The summed E-state index contributed by atoms with van der Waals surface area (Å²) in [6.45, 7) is 6.82. The molecule has 0 radical (unpaired) electrons. The van der Waals surface area contributed by atoms with E-state index in [9.17, 15) is 0 Å². The fourth-order valence-corrected chi connectivity index (χ4v) is 6.95. The molecule has 0 fully saturated rings. The van der Waals surface area contributed by atoms with Gasteiger partial charge in [-0.1, -0.05) is 111 Å². The number of nitrogens with zero attached hydrogens (tertiary/aromatic N) is 2. The lowest BCUT2D eigenvalue weighted by molar-refractivity contribution is 0.660. The lowest BCUT2D eigenvalue weighted by Crippen LogP contribution is -2.14. The molecule has 0 amide bonds. The highest BCUT2D eigenvalue weighted by molar-refractivity contribution is 6.18. The number of aryl methyl sites for hydroxylation is 1. The minimum Gasteiger partial charge on any atom is -0.295 e. The zero-order valence-corrected chi connectivity index (χ0v) is 22.4. The minimum absolute atomic E-state index is 0.0413. The molecular formula is C37H28N2. The molecule has 0 aliphatic heterocycles. The van der Waals surface area contributed by atoms with Gasteiger partial charge in [0.2, 0.25) is 0 Å². The van der Waals surface area contributed by atoms with Crippen LogP contribution in [0.15, 0.2) is 115 Å². The van der Waals surface area contributed by atoms with Crippen molar-refractivity contribution in [2.45, 2.75) is 26.2 Å². The Hall–Kier alpha value is -4.69. The van der Waals surface area contributed by atoms with E-state index >= 15 is 0 Å². The molecule has 2 heteroatoms. The van der Waals surface area contributed by atoms with E-state index in [0.29, 0.717) is 0 Å². The maximum absolute atomic E-state index is 4.92. The van der Waals surface area contributed by atoms with Crippen LogP contribution in [0.2, 0.25) is 0 Å². The summed E-state index contributed by atoms with van der Waals surface area (Å²) >= 11 is 0. The predicted molar refractivity (Wildman–Crippen MR) is 164 cm³/mol. The normalized spacial score (nSPS) is 13.7. The van der Waals surface area contributed by atoms with Crippen molar-refractivity contribution in [2.75, 3.05) is 0 Å². The van der Waals surface area contributed by atoms with Crippen molar-refractivity contribution in [2.24, 2.45) is 0 Å². The number of benzene rings is 6. The Morgan fingerprint density at radius 2 is 1.18 bits per heavy atom. The molecule has 186 valence electrons. The van der Waals surface area contributed by atoms with Gasteiger partial charge in [0.15, 0.2) is 0 Å². The molecule has 0 N–H and O–H groups in total. The van der Waals surface area contributed by atoms with Gasteiger partial charge in [0, 0.05) is 16.2 Å². The summed E-state index contributed by atoms with van der Waals surface area (Å²) in [4.78, 5) is 4.92. The highest BCUT2D eigenvalue weighted by Gasteiger charge is 2.35. The smallest absolute Gasteiger partial charge is 0.111 e. The van der Waals surface area contributed by atoms with Gasteiger partial charge < -0.3 is 0 Å². The molecule has 0 spiro atoms. The number of rotatable bonds is 2. The Bertz CT molecular complexity index is 2050. The van der Waals surface area contributed by atoms with Gasteiger partial charge in [0.05, 0.1) is 16.7 Å². The maximum atomic E-state index is 4.92. The first kappa shape index (κ1) is 22.3. The summed E-state index contributed by atoms with van der Waals surface area (Å²) in [6.07, 6.45) is 0. The summed E-state index contributed by atoms with van der Waals surface area (Å²) in [5.74, 6) is 0.997. The maximum Gasteiger partial charge on any atom is 0.111 e. The SMILES string of the molecule is Cc1nc2ccccc2n1-c1c2ccccc2c(-c2ccc3c(c2)C(C)(C)c2ccccc2-3)c2ccccc12. The highest BCUT2D eigenvalue weighted by Crippen LogP contribution is 2.51. The van der Waals surface area contributed by atoms with Crippen LogP contribution in [0.25, 0.3) is 60.5 Å². The van der Waals surface area contributed by atoms with Gasteiger partial charge in [-0.25, -0.2) is 4.98 Å². The van der Waals surface area contributed by atoms with Gasteiger partial charge in [-0.3, -0.25) is 4.57 Å². The lowest BCUT2D eigenvalue weighted by Gasteiger charge is -2.23. The minimum atomic E-state index is -0.0413. The molecule has 1 aliphatic carbocycles. The first-order valence-corrected chi connectivity index (χ1v) is 13.7. The second-order valence-corrected chi connectivity index (χ2v) is 11.2. The molecule has 7 aromatic rings. The van der Waals surface area contributed by atoms with E-state index in [4.69, 9.17) is 4.98 Å². The Kier molecular flexibility index (Phi) is 4.52. The topological polar surface area (TPSA) is 17.8 Å². The molecule has 1 aromatic heterocycles. The van der Waals surface area contributed by atoms with Gasteiger partial charge in [0.25, 0.3) is 0 Å². The van der Waals surface area contributed by atoms with Crippen molar-refractivity contribution in [3.8, 4) is 27.9 Å². The Morgan fingerprint density at radius 1 is 0.590 bits per heavy atom. The van der Waals surface area contributed by atoms with Crippen LogP contribution < -0.4 is 0 Å². The predicted octanol–water partition coefficient (Wildman–Crippen LogP) is 9.61. The molecule has 6 aromatic carbocycles. The Morgan fingerprint density at radius 3 is 1.92 bits per heavy atom. The van der Waals surface area contributed by atoms with Crippen molar-refractivity contribution < 1.29 is 0 Å². The molecule has 0 saturated carbocycles. The first-order valence-electron chi connectivity index (χ1n) is 13.7. The quantitative estimate of drug-likeness (QED) is 0.216. The van der Waals surface area contributed by atoms with E-state index < -0.39 is 0 Å².